The van der Waals surface area contributed by atoms with Crippen molar-refractivity contribution in [3.05, 3.63) is 0 Å². The van der Waals surface area contributed by atoms with Crippen molar-refractivity contribution in [2.75, 3.05) is 14.1 Å². The first-order chi connectivity index (χ1) is 8.16. The Morgan fingerprint density at radius 3 is 1.83 bits per heavy atom. The summed E-state index contributed by atoms with van der Waals surface area (Å²) >= 11 is 0. The number of unbranched alkanes of at least 4 members (excludes halogenated alkanes) is 8. The molecule has 0 bridgehead atoms. The second-order valence-electron chi connectivity index (χ2n) is 4.85. The molecule has 18 heavy (non-hydrogen) atoms. The van der Waals surface area contributed by atoms with Crippen LogP contribution in [0, 0.1) is 0 Å². The molecule has 0 saturated carbocycles. The third kappa shape index (κ3) is 16.4. The molecule has 0 heterocycles. The second kappa shape index (κ2) is 15.5. The minimum Gasteiger partial charge on any atom is -1.00 e. The van der Waals surface area contributed by atoms with E-state index in [1.165, 1.54) is 50.0 Å². The SMILES string of the molecule is CCCCCCCCCCCC(=O)ON(C)C.[H-].[Na+]. The van der Waals surface area contributed by atoms with Crippen LogP contribution in [0.25, 0.3) is 0 Å². The van der Waals surface area contributed by atoms with E-state index in [1.54, 1.807) is 14.1 Å². The molecule has 0 aliphatic rings. The summed E-state index contributed by atoms with van der Waals surface area (Å²) in [5, 5.41) is 1.45. The van der Waals surface area contributed by atoms with Gasteiger partial charge in [0.1, 0.15) is 0 Å². The Labute approximate surface area is 136 Å². The van der Waals surface area contributed by atoms with Gasteiger partial charge in [-0.15, -0.1) is 5.06 Å². The molecule has 0 fully saturated rings. The first-order valence-corrected chi connectivity index (χ1v) is 7.05. The van der Waals surface area contributed by atoms with Crippen molar-refractivity contribution in [2.45, 2.75) is 71.1 Å². The zero-order chi connectivity index (χ0) is 12.9. The molecular formula is C14H30NNaO2. The van der Waals surface area contributed by atoms with Crippen LogP contribution >= 0.6 is 0 Å². The Morgan fingerprint density at radius 1 is 0.944 bits per heavy atom. The molecule has 0 aliphatic carbocycles. The zero-order valence-electron chi connectivity index (χ0n) is 13.8. The van der Waals surface area contributed by atoms with Crippen molar-refractivity contribution >= 4 is 5.97 Å². The number of hydrogen-bond acceptors (Lipinski definition) is 3. The van der Waals surface area contributed by atoms with Gasteiger partial charge in [0.15, 0.2) is 0 Å². The first-order valence-electron chi connectivity index (χ1n) is 7.05. The van der Waals surface area contributed by atoms with Gasteiger partial charge in [0.2, 0.25) is 0 Å². The molecule has 0 aromatic carbocycles. The van der Waals surface area contributed by atoms with E-state index in [9.17, 15) is 4.79 Å². The summed E-state index contributed by atoms with van der Waals surface area (Å²) in [5.74, 6) is -0.113. The molecule has 0 aromatic heterocycles. The maximum Gasteiger partial charge on any atom is 1.00 e. The van der Waals surface area contributed by atoms with Crippen molar-refractivity contribution in [3.63, 3.8) is 0 Å². The minimum atomic E-state index is -0.113. The largest absolute Gasteiger partial charge is 1.00 e. The number of carbonyl (C=O) groups excluding carboxylic acids is 1. The fourth-order valence-corrected chi connectivity index (χ4v) is 1.83. The Balaban J connectivity index is -0.00000128. The normalized spacial score (nSPS) is 10.2. The second-order valence-corrected chi connectivity index (χ2v) is 4.85. The molecule has 0 amide bonds. The van der Waals surface area contributed by atoms with Crippen LogP contribution in [0.5, 0.6) is 0 Å². The maximum atomic E-state index is 11.2. The van der Waals surface area contributed by atoms with Crippen molar-refractivity contribution in [3.8, 4) is 0 Å². The van der Waals surface area contributed by atoms with E-state index in [1.807, 2.05) is 0 Å². The van der Waals surface area contributed by atoms with Crippen LogP contribution in [0.2, 0.25) is 0 Å². The molecule has 0 saturated heterocycles. The summed E-state index contributed by atoms with van der Waals surface area (Å²) in [6.07, 6.45) is 12.0. The number of hydroxylamine groups is 2. The standard InChI is InChI=1S/C14H29NO2.Na.H/c1-4-5-6-7-8-9-10-11-12-13-14(16)17-15(2)3;;/h4-13H2,1-3H3;;/q;+1;-1. The van der Waals surface area contributed by atoms with Gasteiger partial charge in [-0.05, 0) is 6.42 Å². The van der Waals surface area contributed by atoms with Crippen LogP contribution < -0.4 is 29.6 Å². The number of hydrogen-bond donors (Lipinski definition) is 0. The van der Waals surface area contributed by atoms with Gasteiger partial charge in [-0.1, -0.05) is 58.3 Å². The topological polar surface area (TPSA) is 29.5 Å². The molecule has 0 rings (SSSR count). The molecule has 0 aromatic rings. The van der Waals surface area contributed by atoms with Crippen LogP contribution in [0.4, 0.5) is 0 Å². The molecule has 104 valence electrons. The average Bonchev–Trinajstić information content (AvgIpc) is 2.26. The third-order valence-corrected chi connectivity index (χ3v) is 2.77. The number of rotatable bonds is 11. The summed E-state index contributed by atoms with van der Waals surface area (Å²) in [5.41, 5.74) is 0. The predicted octanol–water partition coefficient (Wildman–Crippen LogP) is 1.04. The maximum absolute atomic E-state index is 11.2. The molecule has 3 nitrogen and oxygen atoms in total. The Morgan fingerprint density at radius 2 is 1.39 bits per heavy atom. The zero-order valence-corrected chi connectivity index (χ0v) is 14.8. The van der Waals surface area contributed by atoms with Crippen molar-refractivity contribution < 1.29 is 40.6 Å². The molecule has 0 N–H and O–H groups in total. The fourth-order valence-electron chi connectivity index (χ4n) is 1.83. The molecule has 0 spiro atoms. The van der Waals surface area contributed by atoms with Crippen molar-refractivity contribution in [1.82, 2.24) is 5.06 Å². The molecule has 0 aliphatic heterocycles. The quantitative estimate of drug-likeness (QED) is 0.318. The average molecular weight is 267 g/mol. The minimum absolute atomic E-state index is 0. The van der Waals surface area contributed by atoms with Gasteiger partial charge in [-0.3, -0.25) is 4.79 Å². The smallest absolute Gasteiger partial charge is 1.00 e. The van der Waals surface area contributed by atoms with Gasteiger partial charge in [-0.25, -0.2) is 0 Å². The Hall–Kier alpha value is 0.430. The van der Waals surface area contributed by atoms with E-state index in [2.05, 4.69) is 6.92 Å². The summed E-state index contributed by atoms with van der Waals surface area (Å²) < 4.78 is 0. The molecule has 0 unspecified atom stereocenters. The van der Waals surface area contributed by atoms with Crippen LogP contribution in [0.1, 0.15) is 72.6 Å². The van der Waals surface area contributed by atoms with Crippen LogP contribution in [0.3, 0.4) is 0 Å². The summed E-state index contributed by atoms with van der Waals surface area (Å²) in [6.45, 7) is 2.24. The van der Waals surface area contributed by atoms with Crippen LogP contribution in [-0.2, 0) is 9.63 Å². The van der Waals surface area contributed by atoms with Crippen molar-refractivity contribution in [2.24, 2.45) is 0 Å². The van der Waals surface area contributed by atoms with E-state index in [0.717, 1.165) is 12.8 Å². The van der Waals surface area contributed by atoms with E-state index in [-0.39, 0.29) is 37.0 Å². The fraction of sp³-hybridized carbons (Fsp3) is 0.929. The Kier molecular flexibility index (Phi) is 17.8. The van der Waals surface area contributed by atoms with Gasteiger partial charge in [0, 0.05) is 20.5 Å². The monoisotopic (exact) mass is 267 g/mol. The summed E-state index contributed by atoms with van der Waals surface area (Å²) in [4.78, 5) is 16.1. The van der Waals surface area contributed by atoms with Gasteiger partial charge in [0.25, 0.3) is 0 Å². The molecular weight excluding hydrogens is 237 g/mol. The Bertz CT molecular complexity index is 192. The van der Waals surface area contributed by atoms with E-state index < -0.39 is 0 Å². The van der Waals surface area contributed by atoms with Gasteiger partial charge >= 0.3 is 35.5 Å². The van der Waals surface area contributed by atoms with E-state index >= 15 is 0 Å². The molecule has 0 radical (unpaired) electrons. The summed E-state index contributed by atoms with van der Waals surface area (Å²) in [7, 11) is 3.46. The van der Waals surface area contributed by atoms with Gasteiger partial charge in [0.05, 0.1) is 0 Å². The van der Waals surface area contributed by atoms with Crippen molar-refractivity contribution in [1.29, 1.82) is 0 Å². The predicted molar refractivity (Wildman–Crippen MR) is 72.7 cm³/mol. The van der Waals surface area contributed by atoms with Gasteiger partial charge < -0.3 is 6.26 Å². The third-order valence-electron chi connectivity index (χ3n) is 2.77. The molecule has 0 atom stereocenters. The van der Waals surface area contributed by atoms with Crippen LogP contribution in [0.15, 0.2) is 0 Å². The first kappa shape index (κ1) is 20.7. The van der Waals surface area contributed by atoms with Crippen LogP contribution in [-0.4, -0.2) is 25.1 Å². The van der Waals surface area contributed by atoms with Gasteiger partial charge in [-0.2, -0.15) is 0 Å². The van der Waals surface area contributed by atoms with E-state index in [4.69, 9.17) is 4.84 Å². The molecule has 4 heteroatoms. The number of carbonyl (C=O) groups is 1. The van der Waals surface area contributed by atoms with E-state index in [0.29, 0.717) is 6.42 Å². The number of nitrogens with zero attached hydrogens (tertiary/aromatic N) is 1. The summed E-state index contributed by atoms with van der Waals surface area (Å²) in [6, 6.07) is 0.